The summed E-state index contributed by atoms with van der Waals surface area (Å²) in [5, 5.41) is 20.8. The first-order chi connectivity index (χ1) is 14.4. The van der Waals surface area contributed by atoms with Crippen LogP contribution in [0.2, 0.25) is 0 Å². The van der Waals surface area contributed by atoms with Crippen molar-refractivity contribution in [3.05, 3.63) is 59.5 Å². The van der Waals surface area contributed by atoms with Gasteiger partial charge in [0, 0.05) is 60.8 Å². The Morgan fingerprint density at radius 1 is 1.23 bits per heavy atom. The van der Waals surface area contributed by atoms with Gasteiger partial charge in [0.1, 0.15) is 17.9 Å². The zero-order valence-electron chi connectivity index (χ0n) is 17.3. The van der Waals surface area contributed by atoms with Crippen LogP contribution >= 0.6 is 0 Å². The number of rotatable bonds is 7. The second-order valence-electron chi connectivity index (χ2n) is 6.63. The number of carboxylic acid groups (broad SMARTS) is 1. The number of aliphatic carboxylic acids is 1. The van der Waals surface area contributed by atoms with Crippen molar-refractivity contribution in [2.75, 3.05) is 20.2 Å². The molecule has 0 bridgehead atoms. The maximum atomic E-state index is 12.7. The van der Waals surface area contributed by atoms with E-state index in [2.05, 4.69) is 10.3 Å². The van der Waals surface area contributed by atoms with Crippen LogP contribution in [0.3, 0.4) is 0 Å². The summed E-state index contributed by atoms with van der Waals surface area (Å²) >= 11 is 0. The van der Waals surface area contributed by atoms with E-state index in [1.165, 1.54) is 4.90 Å². The molecule has 2 amide bonds. The number of aliphatic hydroxyl groups excluding tert-OH is 1. The molecule has 9 nitrogen and oxygen atoms in total. The number of amides is 2. The van der Waals surface area contributed by atoms with Crippen molar-refractivity contribution in [1.82, 2.24) is 15.2 Å². The molecule has 0 fully saturated rings. The summed E-state index contributed by atoms with van der Waals surface area (Å²) in [7, 11) is 1.55. The average Bonchev–Trinajstić information content (AvgIpc) is 2.75. The van der Waals surface area contributed by atoms with Crippen LogP contribution in [-0.2, 0) is 20.9 Å². The number of hydrogen-bond acceptors (Lipinski definition) is 6. The molecule has 3 N–H and O–H groups in total. The van der Waals surface area contributed by atoms with Crippen molar-refractivity contribution in [2.24, 2.45) is 0 Å². The van der Waals surface area contributed by atoms with Gasteiger partial charge in [0.05, 0.1) is 7.11 Å². The number of carboxylic acids is 1. The van der Waals surface area contributed by atoms with E-state index in [1.54, 1.807) is 13.3 Å². The standard InChI is InChI=1S/C21H21N3O6.Na/c1-30-20-15(3-2-9-22-20)14-6-4-13(5-7-14)12-24-10-8-16(25)18(21(24)29)19(28)23-11-17(26)27;/h2-7,9,25H,8,10-12H2,1H3,(H,23,28)(H,26,27);. The number of nitrogens with one attached hydrogen (secondary N) is 1. The van der Waals surface area contributed by atoms with Crippen LogP contribution in [0.4, 0.5) is 0 Å². The minimum Gasteiger partial charge on any atom is -0.511 e. The van der Waals surface area contributed by atoms with E-state index in [1.807, 2.05) is 36.4 Å². The molecule has 157 valence electrons. The Balaban J connectivity index is 0.00000341. The fourth-order valence-electron chi connectivity index (χ4n) is 3.16. The molecule has 31 heavy (non-hydrogen) atoms. The molecule has 0 saturated heterocycles. The molecule has 1 radical (unpaired) electrons. The average molecular weight is 434 g/mol. The van der Waals surface area contributed by atoms with Gasteiger partial charge in [-0.1, -0.05) is 24.3 Å². The number of carbonyl (C=O) groups excluding carboxylic acids is 2. The molecule has 3 rings (SSSR count). The summed E-state index contributed by atoms with van der Waals surface area (Å²) < 4.78 is 5.28. The Morgan fingerprint density at radius 3 is 2.58 bits per heavy atom. The summed E-state index contributed by atoms with van der Waals surface area (Å²) in [6, 6.07) is 11.2. The molecule has 1 aliphatic heterocycles. The van der Waals surface area contributed by atoms with E-state index >= 15 is 0 Å². The number of aromatic nitrogens is 1. The van der Waals surface area contributed by atoms with Crippen LogP contribution < -0.4 is 10.1 Å². The largest absolute Gasteiger partial charge is 0.511 e. The third kappa shape index (κ3) is 5.84. The minimum absolute atomic E-state index is 0. The minimum atomic E-state index is -1.24. The van der Waals surface area contributed by atoms with E-state index in [-0.39, 0.29) is 54.8 Å². The van der Waals surface area contributed by atoms with Crippen LogP contribution in [0, 0.1) is 0 Å². The second-order valence-corrected chi connectivity index (χ2v) is 6.63. The summed E-state index contributed by atoms with van der Waals surface area (Å²) in [5.41, 5.74) is 2.16. The molecule has 10 heteroatoms. The Kier molecular flexibility index (Phi) is 8.61. The molecule has 2 heterocycles. The first kappa shape index (κ1) is 24.4. The molecule has 0 aliphatic carbocycles. The number of pyridine rings is 1. The maximum Gasteiger partial charge on any atom is 0.322 e. The molecule has 0 spiro atoms. The quantitative estimate of drug-likeness (QED) is 0.440. The Labute approximate surface area is 201 Å². The van der Waals surface area contributed by atoms with Crippen LogP contribution in [0.1, 0.15) is 12.0 Å². The van der Waals surface area contributed by atoms with Gasteiger partial charge in [0.15, 0.2) is 0 Å². The maximum absolute atomic E-state index is 12.7. The van der Waals surface area contributed by atoms with Gasteiger partial charge in [-0.25, -0.2) is 4.98 Å². The SMILES string of the molecule is COc1ncccc1-c1ccc(CN2CCC(O)=C(C(=O)NCC(=O)O)C2=O)cc1.[Na]. The third-order valence-electron chi connectivity index (χ3n) is 4.64. The fraction of sp³-hybridized carbons (Fsp3) is 0.238. The van der Waals surface area contributed by atoms with Gasteiger partial charge < -0.3 is 25.2 Å². The topological polar surface area (TPSA) is 129 Å². The van der Waals surface area contributed by atoms with Crippen molar-refractivity contribution in [3.8, 4) is 17.0 Å². The van der Waals surface area contributed by atoms with Gasteiger partial charge in [-0.15, -0.1) is 0 Å². The number of benzene rings is 1. The number of methoxy groups -OCH3 is 1. The summed E-state index contributed by atoms with van der Waals surface area (Å²) in [4.78, 5) is 41.0. The third-order valence-corrected chi connectivity index (χ3v) is 4.64. The number of aliphatic hydroxyl groups is 1. The molecule has 2 aromatic rings. The summed E-state index contributed by atoms with van der Waals surface area (Å²) in [6.45, 7) is -0.146. The van der Waals surface area contributed by atoms with Gasteiger partial charge in [0.25, 0.3) is 11.8 Å². The Morgan fingerprint density at radius 2 is 1.94 bits per heavy atom. The second kappa shape index (κ2) is 10.9. The molecule has 0 saturated carbocycles. The van der Waals surface area contributed by atoms with Gasteiger partial charge in [0.2, 0.25) is 5.88 Å². The summed E-state index contributed by atoms with van der Waals surface area (Å²) in [6.07, 6.45) is 1.76. The molecular weight excluding hydrogens is 413 g/mol. The fourth-order valence-corrected chi connectivity index (χ4v) is 3.16. The van der Waals surface area contributed by atoms with Crippen molar-refractivity contribution in [2.45, 2.75) is 13.0 Å². The first-order valence-corrected chi connectivity index (χ1v) is 9.20. The van der Waals surface area contributed by atoms with Crippen LogP contribution in [0.15, 0.2) is 53.9 Å². The van der Waals surface area contributed by atoms with Gasteiger partial charge in [-0.3, -0.25) is 14.4 Å². The first-order valence-electron chi connectivity index (χ1n) is 9.20. The zero-order chi connectivity index (χ0) is 21.7. The normalized spacial score (nSPS) is 13.5. The van der Waals surface area contributed by atoms with Crippen LogP contribution in [0.25, 0.3) is 11.1 Å². The smallest absolute Gasteiger partial charge is 0.322 e. The van der Waals surface area contributed by atoms with E-state index in [9.17, 15) is 19.5 Å². The van der Waals surface area contributed by atoms with E-state index in [4.69, 9.17) is 9.84 Å². The van der Waals surface area contributed by atoms with Gasteiger partial charge in [-0.2, -0.15) is 0 Å². The van der Waals surface area contributed by atoms with Crippen molar-refractivity contribution < 1.29 is 29.3 Å². The van der Waals surface area contributed by atoms with E-state index < -0.39 is 29.9 Å². The van der Waals surface area contributed by atoms with Crippen molar-refractivity contribution in [3.63, 3.8) is 0 Å². The molecular formula is C21H21N3NaO6. The predicted octanol–water partition coefficient (Wildman–Crippen LogP) is 1.12. The van der Waals surface area contributed by atoms with Gasteiger partial charge >= 0.3 is 5.97 Å². The van der Waals surface area contributed by atoms with Crippen LogP contribution in [-0.4, -0.2) is 87.6 Å². The van der Waals surface area contributed by atoms with Crippen molar-refractivity contribution in [1.29, 1.82) is 0 Å². The molecule has 0 atom stereocenters. The van der Waals surface area contributed by atoms with Gasteiger partial charge in [-0.05, 0) is 23.3 Å². The Bertz CT molecular complexity index is 1010. The number of nitrogens with zero attached hydrogens (tertiary/aromatic N) is 2. The molecule has 1 aromatic heterocycles. The van der Waals surface area contributed by atoms with E-state index in [0.29, 0.717) is 5.88 Å². The zero-order valence-corrected chi connectivity index (χ0v) is 19.3. The molecule has 0 unspecified atom stereocenters. The molecule has 1 aromatic carbocycles. The number of carbonyl (C=O) groups is 3. The van der Waals surface area contributed by atoms with Crippen molar-refractivity contribution >= 4 is 47.3 Å². The van der Waals surface area contributed by atoms with Crippen LogP contribution in [0.5, 0.6) is 5.88 Å². The predicted molar refractivity (Wildman–Crippen MR) is 112 cm³/mol. The number of ether oxygens (including phenoxy) is 1. The monoisotopic (exact) mass is 434 g/mol. The number of hydrogen-bond donors (Lipinski definition) is 3. The Hall–Kier alpha value is -2.88. The molecule has 1 aliphatic rings. The van der Waals surface area contributed by atoms with E-state index in [0.717, 1.165) is 16.7 Å². The summed E-state index contributed by atoms with van der Waals surface area (Å²) in [5.74, 6) is -2.61.